The van der Waals surface area contributed by atoms with Crippen LogP contribution in [0.1, 0.15) is 32.3 Å². The molecule has 1 aromatic rings. The maximum absolute atomic E-state index is 13.7. The van der Waals surface area contributed by atoms with E-state index in [1.165, 1.54) is 25.3 Å². The summed E-state index contributed by atoms with van der Waals surface area (Å²) in [6.07, 6.45) is 0.691. The Morgan fingerprint density at radius 3 is 3.00 bits per heavy atom. The van der Waals surface area contributed by atoms with Gasteiger partial charge in [-0.3, -0.25) is 0 Å². The number of ether oxygens (including phenoxy) is 3. The normalized spacial score (nSPS) is 17.8. The quantitative estimate of drug-likeness (QED) is 0.538. The van der Waals surface area contributed by atoms with Crippen molar-refractivity contribution in [3.8, 4) is 5.75 Å². The molecule has 7 heteroatoms. The average molecular weight is 339 g/mol. The van der Waals surface area contributed by atoms with Gasteiger partial charge in [0.25, 0.3) is 0 Å². The Hall–Kier alpha value is -2.15. The van der Waals surface area contributed by atoms with Crippen LogP contribution in [-0.4, -0.2) is 44.2 Å². The van der Waals surface area contributed by atoms with Gasteiger partial charge in [0.05, 0.1) is 7.11 Å². The van der Waals surface area contributed by atoms with Gasteiger partial charge in [-0.15, -0.1) is 0 Å². The summed E-state index contributed by atoms with van der Waals surface area (Å²) >= 11 is 0. The highest BCUT2D eigenvalue weighted by atomic mass is 19.1. The van der Waals surface area contributed by atoms with Crippen molar-refractivity contribution in [2.24, 2.45) is 5.16 Å². The predicted molar refractivity (Wildman–Crippen MR) is 85.6 cm³/mol. The summed E-state index contributed by atoms with van der Waals surface area (Å²) in [4.78, 5) is 16.7. The minimum atomic E-state index is -0.832. The minimum Gasteiger partial charge on any atom is -0.478 e. The molecule has 0 aliphatic carbocycles. The molecule has 0 unspecified atom stereocenters. The molecule has 0 N–H and O–H groups in total. The number of benzene rings is 1. The van der Waals surface area contributed by atoms with E-state index in [0.717, 1.165) is 12.8 Å². The lowest BCUT2D eigenvalue weighted by molar-refractivity contribution is -0.147. The molecule has 1 aliphatic heterocycles. The molecule has 1 heterocycles. The number of hydrogen-bond donors (Lipinski definition) is 0. The van der Waals surface area contributed by atoms with Crippen LogP contribution in [-0.2, 0) is 19.1 Å². The topological polar surface area (TPSA) is 66.3 Å². The van der Waals surface area contributed by atoms with Crippen LogP contribution in [0.2, 0.25) is 0 Å². The Labute approximate surface area is 140 Å². The van der Waals surface area contributed by atoms with Gasteiger partial charge in [0, 0.05) is 12.2 Å². The van der Waals surface area contributed by atoms with Gasteiger partial charge in [0.15, 0.2) is 6.10 Å². The van der Waals surface area contributed by atoms with E-state index in [9.17, 15) is 9.18 Å². The maximum atomic E-state index is 13.7. The molecule has 0 amide bonds. The molecule has 0 saturated carbocycles. The molecule has 1 aliphatic rings. The van der Waals surface area contributed by atoms with Crippen molar-refractivity contribution >= 4 is 11.7 Å². The highest BCUT2D eigenvalue weighted by molar-refractivity contribution is 6.06. The molecule has 2 rings (SSSR count). The Bertz CT molecular complexity index is 605. The summed E-state index contributed by atoms with van der Waals surface area (Å²) in [6, 6.07) is 4.00. The number of carbonyl (C=O) groups is 1. The van der Waals surface area contributed by atoms with E-state index in [0.29, 0.717) is 23.6 Å². The first-order valence-corrected chi connectivity index (χ1v) is 7.92. The van der Waals surface area contributed by atoms with Gasteiger partial charge >= 0.3 is 5.97 Å². The van der Waals surface area contributed by atoms with Crippen molar-refractivity contribution in [2.45, 2.75) is 38.9 Å². The van der Waals surface area contributed by atoms with Gasteiger partial charge in [-0.05, 0) is 31.5 Å². The van der Waals surface area contributed by atoms with Crippen molar-refractivity contribution in [3.63, 3.8) is 0 Å². The molecule has 0 bridgehead atoms. The fourth-order valence-corrected chi connectivity index (χ4v) is 2.24. The Morgan fingerprint density at radius 2 is 2.29 bits per heavy atom. The van der Waals surface area contributed by atoms with Crippen molar-refractivity contribution in [1.29, 1.82) is 0 Å². The maximum Gasteiger partial charge on any atom is 0.346 e. The van der Waals surface area contributed by atoms with Crippen LogP contribution in [0.15, 0.2) is 23.4 Å². The lowest BCUT2D eigenvalue weighted by Crippen LogP contribution is -2.28. The van der Waals surface area contributed by atoms with Crippen LogP contribution in [0.3, 0.4) is 0 Å². The predicted octanol–water partition coefficient (Wildman–Crippen LogP) is 2.69. The van der Waals surface area contributed by atoms with E-state index in [-0.39, 0.29) is 6.61 Å². The molecule has 0 radical (unpaired) electrons. The second-order valence-corrected chi connectivity index (χ2v) is 5.41. The van der Waals surface area contributed by atoms with Crippen molar-refractivity contribution in [2.75, 3.05) is 20.3 Å². The van der Waals surface area contributed by atoms with Gasteiger partial charge in [0.1, 0.15) is 30.0 Å². The Morgan fingerprint density at radius 1 is 1.50 bits per heavy atom. The fourth-order valence-electron chi connectivity index (χ4n) is 2.24. The van der Waals surface area contributed by atoms with E-state index in [1.807, 2.05) is 0 Å². The molecule has 24 heavy (non-hydrogen) atoms. The molecule has 0 spiro atoms. The number of halogens is 1. The number of rotatable bonds is 8. The molecule has 6 nitrogen and oxygen atoms in total. The fraction of sp³-hybridized carbons (Fsp3) is 0.529. The molecule has 0 aromatic heterocycles. The van der Waals surface area contributed by atoms with Crippen molar-refractivity contribution in [3.05, 3.63) is 29.6 Å². The van der Waals surface area contributed by atoms with E-state index >= 15 is 0 Å². The second kappa shape index (κ2) is 8.63. The lowest BCUT2D eigenvalue weighted by Gasteiger charge is -2.18. The number of carbonyl (C=O) groups excluding carboxylic acids is 1. The third kappa shape index (κ3) is 4.44. The summed E-state index contributed by atoms with van der Waals surface area (Å²) in [5, 5.41) is 3.97. The van der Waals surface area contributed by atoms with Gasteiger partial charge in [-0.2, -0.15) is 0 Å². The van der Waals surface area contributed by atoms with Crippen LogP contribution in [0.4, 0.5) is 4.39 Å². The van der Waals surface area contributed by atoms with Gasteiger partial charge in [0.2, 0.25) is 0 Å². The first kappa shape index (κ1) is 18.2. The molecule has 1 aromatic carbocycles. The summed E-state index contributed by atoms with van der Waals surface area (Å²) < 4.78 is 29.7. The first-order chi connectivity index (χ1) is 11.6. The average Bonchev–Trinajstić information content (AvgIpc) is 3.04. The number of nitrogens with zero attached hydrogens (tertiary/aromatic N) is 1. The molecule has 0 fully saturated rings. The Balaban J connectivity index is 2.21. The summed E-state index contributed by atoms with van der Waals surface area (Å²) in [5.41, 5.74) is 0.863. The van der Waals surface area contributed by atoms with Crippen molar-refractivity contribution < 1.29 is 28.2 Å². The molecule has 2 atom stereocenters. The Kier molecular flexibility index (Phi) is 6.54. The summed E-state index contributed by atoms with van der Waals surface area (Å²) in [6.45, 7) is 4.45. The summed E-state index contributed by atoms with van der Waals surface area (Å²) in [7, 11) is 1.28. The molecular weight excluding hydrogens is 317 g/mol. The lowest BCUT2D eigenvalue weighted by atomic mass is 10.0. The monoisotopic (exact) mass is 339 g/mol. The largest absolute Gasteiger partial charge is 0.478 e. The van der Waals surface area contributed by atoms with E-state index in [4.69, 9.17) is 14.3 Å². The smallest absolute Gasteiger partial charge is 0.346 e. The van der Waals surface area contributed by atoms with Crippen LogP contribution < -0.4 is 4.74 Å². The summed E-state index contributed by atoms with van der Waals surface area (Å²) in [5.74, 6) is -0.641. The zero-order valence-electron chi connectivity index (χ0n) is 14.1. The number of unbranched alkanes of at least 4 members (excludes halogenated alkanes) is 1. The standard InChI is InChI=1S/C17H22FNO5/c1-4-5-8-22-15-10-23-19-16(15)13-9-12(18)6-7-14(13)24-11(2)17(20)21-3/h6-7,9,11,15H,4-5,8,10H2,1-3H3/t11-,15+/m0/s1. The van der Waals surface area contributed by atoms with Gasteiger partial charge in [-0.1, -0.05) is 18.5 Å². The van der Waals surface area contributed by atoms with Crippen LogP contribution in [0.25, 0.3) is 0 Å². The first-order valence-electron chi connectivity index (χ1n) is 7.92. The van der Waals surface area contributed by atoms with Crippen LogP contribution in [0, 0.1) is 5.82 Å². The number of hydrogen-bond acceptors (Lipinski definition) is 6. The number of oxime groups is 1. The highest BCUT2D eigenvalue weighted by Gasteiger charge is 2.29. The number of esters is 1. The molecular formula is C17H22FNO5. The van der Waals surface area contributed by atoms with Crippen LogP contribution >= 0.6 is 0 Å². The highest BCUT2D eigenvalue weighted by Crippen LogP contribution is 2.26. The minimum absolute atomic E-state index is 0.265. The van der Waals surface area contributed by atoms with Gasteiger partial charge < -0.3 is 19.0 Å². The SMILES string of the molecule is CCCCO[C@@H]1CON=C1c1cc(F)ccc1O[C@@H](C)C(=O)OC. The van der Waals surface area contributed by atoms with Crippen molar-refractivity contribution in [1.82, 2.24) is 0 Å². The zero-order chi connectivity index (χ0) is 17.5. The van der Waals surface area contributed by atoms with E-state index in [2.05, 4.69) is 16.8 Å². The second-order valence-electron chi connectivity index (χ2n) is 5.41. The molecule has 132 valence electrons. The van der Waals surface area contributed by atoms with E-state index < -0.39 is 24.0 Å². The molecule has 0 saturated heterocycles. The zero-order valence-corrected chi connectivity index (χ0v) is 14.1. The number of methoxy groups -OCH3 is 1. The van der Waals surface area contributed by atoms with Gasteiger partial charge in [-0.25, -0.2) is 9.18 Å². The van der Waals surface area contributed by atoms with Crippen LogP contribution in [0.5, 0.6) is 5.75 Å². The third-order valence-corrected chi connectivity index (χ3v) is 3.57. The third-order valence-electron chi connectivity index (χ3n) is 3.57. The van der Waals surface area contributed by atoms with E-state index in [1.54, 1.807) is 6.92 Å².